The third kappa shape index (κ3) is 7.75. The number of esters is 1. The molecule has 0 aromatic heterocycles. The maximum atomic E-state index is 12.5. The second-order valence-electron chi connectivity index (χ2n) is 7.78. The number of hydrogen-bond acceptors (Lipinski definition) is 5. The molecule has 2 aromatic rings. The SMILES string of the molecule is CC(=O)Oc1cccc(C(=O)NC2CCN(C(=O)CCCOc3ccc(Br)cc3Cl)CC2)c1. The molecule has 2 amide bonds. The summed E-state index contributed by atoms with van der Waals surface area (Å²) in [6.45, 7) is 2.91. The van der Waals surface area contributed by atoms with Crippen LogP contribution in [0.2, 0.25) is 5.02 Å². The Kier molecular flexibility index (Phi) is 9.14. The van der Waals surface area contributed by atoms with Crippen molar-refractivity contribution in [3.63, 3.8) is 0 Å². The summed E-state index contributed by atoms with van der Waals surface area (Å²) < 4.78 is 11.6. The Morgan fingerprint density at radius 2 is 1.91 bits per heavy atom. The van der Waals surface area contributed by atoms with Crippen LogP contribution in [-0.4, -0.2) is 48.4 Å². The van der Waals surface area contributed by atoms with Gasteiger partial charge in [0.2, 0.25) is 5.91 Å². The van der Waals surface area contributed by atoms with E-state index in [1.807, 2.05) is 11.0 Å². The van der Waals surface area contributed by atoms with Gasteiger partial charge in [-0.15, -0.1) is 0 Å². The zero-order chi connectivity index (χ0) is 23.8. The summed E-state index contributed by atoms with van der Waals surface area (Å²) in [6.07, 6.45) is 2.37. The molecule has 0 atom stereocenters. The zero-order valence-electron chi connectivity index (χ0n) is 18.3. The summed E-state index contributed by atoms with van der Waals surface area (Å²) >= 11 is 9.48. The van der Waals surface area contributed by atoms with E-state index in [1.54, 1.807) is 36.4 Å². The molecule has 0 bridgehead atoms. The van der Waals surface area contributed by atoms with Crippen LogP contribution >= 0.6 is 27.5 Å². The van der Waals surface area contributed by atoms with Gasteiger partial charge in [-0.1, -0.05) is 33.6 Å². The summed E-state index contributed by atoms with van der Waals surface area (Å²) in [5.74, 6) is 0.356. The Balaban J connectivity index is 1.38. The Hall–Kier alpha value is -2.58. The molecule has 0 unspecified atom stereocenters. The van der Waals surface area contributed by atoms with Crippen molar-refractivity contribution in [1.82, 2.24) is 10.2 Å². The van der Waals surface area contributed by atoms with Crippen molar-refractivity contribution < 1.29 is 23.9 Å². The summed E-state index contributed by atoms with van der Waals surface area (Å²) in [7, 11) is 0. The molecule has 3 rings (SSSR count). The van der Waals surface area contributed by atoms with E-state index in [0.717, 1.165) is 4.47 Å². The van der Waals surface area contributed by atoms with E-state index in [4.69, 9.17) is 21.1 Å². The van der Waals surface area contributed by atoms with Crippen molar-refractivity contribution in [3.8, 4) is 11.5 Å². The first-order valence-electron chi connectivity index (χ1n) is 10.8. The number of carbonyl (C=O) groups excluding carboxylic acids is 3. The molecule has 176 valence electrons. The van der Waals surface area contributed by atoms with Crippen molar-refractivity contribution in [2.24, 2.45) is 0 Å². The summed E-state index contributed by atoms with van der Waals surface area (Å²) in [4.78, 5) is 38.0. The van der Waals surface area contributed by atoms with Crippen LogP contribution in [0.5, 0.6) is 11.5 Å². The molecule has 1 saturated heterocycles. The first-order valence-corrected chi connectivity index (χ1v) is 11.9. The van der Waals surface area contributed by atoms with Crippen LogP contribution in [0, 0.1) is 0 Å². The average molecular weight is 538 g/mol. The average Bonchev–Trinajstić information content (AvgIpc) is 2.78. The highest BCUT2D eigenvalue weighted by molar-refractivity contribution is 9.10. The molecule has 9 heteroatoms. The van der Waals surface area contributed by atoms with E-state index >= 15 is 0 Å². The Labute approximate surface area is 206 Å². The summed E-state index contributed by atoms with van der Waals surface area (Å²) in [6, 6.07) is 11.9. The van der Waals surface area contributed by atoms with Crippen LogP contribution in [0.4, 0.5) is 0 Å². The number of amides is 2. The smallest absolute Gasteiger partial charge is 0.308 e. The van der Waals surface area contributed by atoms with Crippen LogP contribution in [0.15, 0.2) is 46.9 Å². The van der Waals surface area contributed by atoms with Crippen molar-refractivity contribution >= 4 is 45.3 Å². The lowest BCUT2D eigenvalue weighted by Gasteiger charge is -2.32. The number of carbonyl (C=O) groups is 3. The number of piperidine rings is 1. The van der Waals surface area contributed by atoms with E-state index < -0.39 is 5.97 Å². The van der Waals surface area contributed by atoms with Crippen LogP contribution in [0.25, 0.3) is 0 Å². The number of likely N-dealkylation sites (tertiary alicyclic amines) is 1. The monoisotopic (exact) mass is 536 g/mol. The first-order chi connectivity index (χ1) is 15.8. The topological polar surface area (TPSA) is 84.9 Å². The number of nitrogens with zero attached hydrogens (tertiary/aromatic N) is 1. The molecule has 0 saturated carbocycles. The maximum absolute atomic E-state index is 12.5. The van der Waals surface area contributed by atoms with Crippen molar-refractivity contribution in [1.29, 1.82) is 0 Å². The van der Waals surface area contributed by atoms with E-state index in [2.05, 4.69) is 21.2 Å². The Morgan fingerprint density at radius 1 is 1.15 bits per heavy atom. The fourth-order valence-electron chi connectivity index (χ4n) is 3.56. The number of nitrogens with one attached hydrogen (secondary N) is 1. The lowest BCUT2D eigenvalue weighted by molar-refractivity contribution is -0.133. The van der Waals surface area contributed by atoms with Gasteiger partial charge in [0, 0.05) is 42.5 Å². The lowest BCUT2D eigenvalue weighted by atomic mass is 10.0. The van der Waals surface area contributed by atoms with Crippen LogP contribution in [-0.2, 0) is 9.59 Å². The Bertz CT molecular complexity index is 1010. The molecule has 2 aromatic carbocycles. The highest BCUT2D eigenvalue weighted by atomic mass is 79.9. The van der Waals surface area contributed by atoms with E-state index in [0.29, 0.717) is 67.5 Å². The molecule has 1 aliphatic rings. The van der Waals surface area contributed by atoms with E-state index in [-0.39, 0.29) is 17.9 Å². The number of ether oxygens (including phenoxy) is 2. The van der Waals surface area contributed by atoms with Gasteiger partial charge in [0.1, 0.15) is 11.5 Å². The van der Waals surface area contributed by atoms with Gasteiger partial charge in [0.05, 0.1) is 11.6 Å². The minimum atomic E-state index is -0.437. The van der Waals surface area contributed by atoms with Crippen LogP contribution < -0.4 is 14.8 Å². The predicted octanol–water partition coefficient (Wildman–Crippen LogP) is 4.61. The molecule has 0 aliphatic carbocycles. The maximum Gasteiger partial charge on any atom is 0.308 e. The highest BCUT2D eigenvalue weighted by Gasteiger charge is 2.24. The van der Waals surface area contributed by atoms with Gasteiger partial charge in [-0.3, -0.25) is 14.4 Å². The lowest BCUT2D eigenvalue weighted by Crippen LogP contribution is -2.46. The molecular formula is C24H26BrClN2O5. The van der Waals surface area contributed by atoms with E-state index in [9.17, 15) is 14.4 Å². The van der Waals surface area contributed by atoms with Crippen molar-refractivity contribution in [3.05, 3.63) is 57.5 Å². The standard InChI is InChI=1S/C24H26BrClN2O5/c1-16(29)33-20-5-2-4-17(14-20)24(31)27-19-9-11-28(12-10-19)23(30)6-3-13-32-22-8-7-18(25)15-21(22)26/h2,4-5,7-8,14-15,19H,3,6,9-13H2,1H3,(H,27,31). The van der Waals surface area contributed by atoms with Gasteiger partial charge in [0.25, 0.3) is 5.91 Å². The zero-order valence-corrected chi connectivity index (χ0v) is 20.7. The minimum absolute atomic E-state index is 0.0122. The third-order valence-corrected chi connectivity index (χ3v) is 6.02. The van der Waals surface area contributed by atoms with Crippen molar-refractivity contribution in [2.75, 3.05) is 19.7 Å². The Morgan fingerprint density at radius 3 is 2.61 bits per heavy atom. The number of hydrogen-bond donors (Lipinski definition) is 1. The predicted molar refractivity (Wildman–Crippen MR) is 129 cm³/mol. The third-order valence-electron chi connectivity index (χ3n) is 5.23. The van der Waals surface area contributed by atoms with Gasteiger partial charge in [-0.05, 0) is 55.7 Å². The molecule has 1 N–H and O–H groups in total. The van der Waals surface area contributed by atoms with Crippen LogP contribution in [0.3, 0.4) is 0 Å². The normalized spacial score (nSPS) is 14.0. The fourth-order valence-corrected chi connectivity index (χ4v) is 4.29. The number of rotatable bonds is 8. The molecule has 1 heterocycles. The largest absolute Gasteiger partial charge is 0.492 e. The second-order valence-corrected chi connectivity index (χ2v) is 9.10. The summed E-state index contributed by atoms with van der Waals surface area (Å²) in [5, 5.41) is 3.53. The van der Waals surface area contributed by atoms with Gasteiger partial charge < -0.3 is 19.7 Å². The fraction of sp³-hybridized carbons (Fsp3) is 0.375. The van der Waals surface area contributed by atoms with Crippen LogP contribution in [0.1, 0.15) is 43.0 Å². The molecular weight excluding hydrogens is 512 g/mol. The molecule has 1 aliphatic heterocycles. The van der Waals surface area contributed by atoms with Crippen molar-refractivity contribution in [2.45, 2.75) is 38.6 Å². The molecule has 1 fully saturated rings. The minimum Gasteiger partial charge on any atom is -0.492 e. The number of benzene rings is 2. The summed E-state index contributed by atoms with van der Waals surface area (Å²) in [5.41, 5.74) is 0.429. The second kappa shape index (κ2) is 12.0. The van der Waals surface area contributed by atoms with E-state index in [1.165, 1.54) is 6.92 Å². The molecule has 7 nitrogen and oxygen atoms in total. The number of halogens is 2. The molecule has 0 radical (unpaired) electrons. The quantitative estimate of drug-likeness (QED) is 0.302. The van der Waals surface area contributed by atoms with Gasteiger partial charge in [-0.2, -0.15) is 0 Å². The van der Waals surface area contributed by atoms with Gasteiger partial charge in [0.15, 0.2) is 0 Å². The first kappa shape index (κ1) is 25.1. The van der Waals surface area contributed by atoms with Gasteiger partial charge in [-0.25, -0.2) is 0 Å². The molecule has 0 spiro atoms. The molecule has 33 heavy (non-hydrogen) atoms. The highest BCUT2D eigenvalue weighted by Crippen LogP contribution is 2.27. The van der Waals surface area contributed by atoms with Gasteiger partial charge >= 0.3 is 5.97 Å².